The van der Waals surface area contributed by atoms with Gasteiger partial charge in [0.15, 0.2) is 5.69 Å². The highest BCUT2D eigenvalue weighted by Gasteiger charge is 2.24. The molecule has 7 heteroatoms. The van der Waals surface area contributed by atoms with Gasteiger partial charge in [-0.05, 0) is 24.6 Å². The van der Waals surface area contributed by atoms with Crippen molar-refractivity contribution in [2.75, 3.05) is 39.8 Å². The van der Waals surface area contributed by atoms with Crippen molar-refractivity contribution >= 4 is 16.7 Å². The molecule has 1 amide bonds. The monoisotopic (exact) mass is 447 g/mol. The van der Waals surface area contributed by atoms with Gasteiger partial charge in [-0.3, -0.25) is 14.5 Å². The van der Waals surface area contributed by atoms with Crippen LogP contribution in [0.5, 0.6) is 0 Å². The number of nitrogens with zero attached hydrogens (tertiary/aromatic N) is 4. The number of rotatable bonds is 7. The first-order valence-electron chi connectivity index (χ1n) is 11.7. The smallest absolute Gasteiger partial charge is 0.274 e. The van der Waals surface area contributed by atoms with Crippen molar-refractivity contribution in [3.05, 3.63) is 76.2 Å². The van der Waals surface area contributed by atoms with Gasteiger partial charge in [0.2, 0.25) is 0 Å². The first kappa shape index (κ1) is 23.1. The fraction of sp³-hybridized carbons (Fsp3) is 0.423. The molecule has 1 aliphatic rings. The van der Waals surface area contributed by atoms with Gasteiger partial charge in [0, 0.05) is 44.7 Å². The van der Waals surface area contributed by atoms with E-state index in [4.69, 9.17) is 0 Å². The van der Waals surface area contributed by atoms with Crippen LogP contribution in [0.4, 0.5) is 0 Å². The fourth-order valence-corrected chi connectivity index (χ4v) is 4.31. The molecule has 0 radical (unpaired) electrons. The van der Waals surface area contributed by atoms with Crippen LogP contribution in [0.15, 0.2) is 59.4 Å². The van der Waals surface area contributed by atoms with E-state index in [9.17, 15) is 9.59 Å². The van der Waals surface area contributed by atoms with Crippen LogP contribution in [-0.2, 0) is 6.54 Å². The average Bonchev–Trinajstić information content (AvgIpc) is 2.82. The number of carbonyl (C=O) groups excluding carboxylic acids is 1. The number of carbonyl (C=O) groups is 1. The van der Waals surface area contributed by atoms with Crippen LogP contribution < -0.4 is 10.9 Å². The number of amides is 1. The van der Waals surface area contributed by atoms with E-state index in [0.717, 1.165) is 38.3 Å². The zero-order valence-electron chi connectivity index (χ0n) is 19.7. The number of hydrogen-bond acceptors (Lipinski definition) is 5. The summed E-state index contributed by atoms with van der Waals surface area (Å²) in [5.74, 6) is -0.0201. The van der Waals surface area contributed by atoms with E-state index in [-0.39, 0.29) is 23.4 Å². The Morgan fingerprint density at radius 2 is 1.58 bits per heavy atom. The third-order valence-corrected chi connectivity index (χ3v) is 6.16. The molecule has 1 fully saturated rings. The van der Waals surface area contributed by atoms with E-state index >= 15 is 0 Å². The predicted octanol–water partition coefficient (Wildman–Crippen LogP) is 2.77. The van der Waals surface area contributed by atoms with Gasteiger partial charge in [0.1, 0.15) is 0 Å². The van der Waals surface area contributed by atoms with Crippen LogP contribution in [0, 0.1) is 5.92 Å². The molecule has 174 valence electrons. The number of hydrogen-bond donors (Lipinski definition) is 1. The van der Waals surface area contributed by atoms with Crippen LogP contribution in [0.3, 0.4) is 0 Å². The molecular formula is C26H33N5O2. The van der Waals surface area contributed by atoms with Crippen molar-refractivity contribution in [3.8, 4) is 0 Å². The first-order valence-corrected chi connectivity index (χ1v) is 11.7. The van der Waals surface area contributed by atoms with Crippen molar-refractivity contribution < 1.29 is 4.79 Å². The van der Waals surface area contributed by atoms with E-state index in [1.165, 1.54) is 4.68 Å². The third kappa shape index (κ3) is 5.49. The Bertz CT molecular complexity index is 1150. The van der Waals surface area contributed by atoms with E-state index in [1.54, 1.807) is 12.1 Å². The molecule has 1 unspecified atom stereocenters. The molecule has 0 bridgehead atoms. The Morgan fingerprint density at radius 3 is 2.24 bits per heavy atom. The second-order valence-corrected chi connectivity index (χ2v) is 9.32. The van der Waals surface area contributed by atoms with Gasteiger partial charge >= 0.3 is 0 Å². The average molecular weight is 448 g/mol. The molecule has 33 heavy (non-hydrogen) atoms. The number of likely N-dealkylation sites (N-methyl/N-ethyl adjacent to an activating group) is 1. The molecular weight excluding hydrogens is 414 g/mol. The molecule has 1 aromatic heterocycles. The molecule has 3 aromatic rings. The normalized spacial score (nSPS) is 16.2. The lowest BCUT2D eigenvalue weighted by Gasteiger charge is -2.35. The van der Waals surface area contributed by atoms with E-state index in [0.29, 0.717) is 23.0 Å². The summed E-state index contributed by atoms with van der Waals surface area (Å²) >= 11 is 0. The standard InChI is InChI=1S/C26H33N5O2/c1-19(2)17-31-26(33)22-12-8-7-11-21(22)24(28-31)25(32)27-23(20-9-5-4-6-10-20)18-30-15-13-29(3)14-16-30/h4-12,19,23H,13-18H2,1-3H3,(H,27,32). The first-order chi connectivity index (χ1) is 15.9. The Labute approximate surface area is 195 Å². The second kappa shape index (κ2) is 10.3. The van der Waals surface area contributed by atoms with E-state index in [2.05, 4.69) is 27.3 Å². The number of benzene rings is 2. The van der Waals surface area contributed by atoms with Gasteiger partial charge in [-0.15, -0.1) is 0 Å². The van der Waals surface area contributed by atoms with Gasteiger partial charge < -0.3 is 10.2 Å². The predicted molar refractivity (Wildman–Crippen MR) is 131 cm³/mol. The lowest BCUT2D eigenvalue weighted by atomic mass is 10.0. The molecule has 0 aliphatic carbocycles. The summed E-state index contributed by atoms with van der Waals surface area (Å²) < 4.78 is 1.43. The maximum atomic E-state index is 13.6. The van der Waals surface area contributed by atoms with Crippen LogP contribution in [0.2, 0.25) is 0 Å². The highest BCUT2D eigenvalue weighted by atomic mass is 16.2. The minimum atomic E-state index is -0.258. The Hall–Kier alpha value is -3.03. The van der Waals surface area contributed by atoms with Crippen LogP contribution in [-0.4, -0.2) is 65.3 Å². The van der Waals surface area contributed by atoms with Crippen molar-refractivity contribution in [1.29, 1.82) is 0 Å². The maximum absolute atomic E-state index is 13.6. The quantitative estimate of drug-likeness (QED) is 0.603. The van der Waals surface area contributed by atoms with Crippen LogP contribution in [0.25, 0.3) is 10.8 Å². The van der Waals surface area contributed by atoms with Crippen molar-refractivity contribution in [2.45, 2.75) is 26.4 Å². The summed E-state index contributed by atoms with van der Waals surface area (Å²) in [5, 5.41) is 8.86. The van der Waals surface area contributed by atoms with Crippen molar-refractivity contribution in [1.82, 2.24) is 24.9 Å². The summed E-state index contributed by atoms with van der Waals surface area (Å²) in [6.07, 6.45) is 0. The molecule has 2 aromatic carbocycles. The SMILES string of the molecule is CC(C)Cn1nc(C(=O)NC(CN2CCN(C)CC2)c2ccccc2)c2ccccc2c1=O. The summed E-state index contributed by atoms with van der Waals surface area (Å²) in [6.45, 7) is 9.23. The van der Waals surface area contributed by atoms with Crippen LogP contribution in [0.1, 0.15) is 35.9 Å². The zero-order chi connectivity index (χ0) is 23.4. The Morgan fingerprint density at radius 1 is 0.939 bits per heavy atom. The zero-order valence-corrected chi connectivity index (χ0v) is 19.7. The summed E-state index contributed by atoms with van der Waals surface area (Å²) in [5.41, 5.74) is 1.20. The molecule has 2 heterocycles. The minimum absolute atomic E-state index is 0.159. The molecule has 1 atom stereocenters. The number of fused-ring (bicyclic) bond motifs is 1. The van der Waals surface area contributed by atoms with Crippen molar-refractivity contribution in [2.24, 2.45) is 5.92 Å². The number of piperazine rings is 1. The summed E-state index contributed by atoms with van der Waals surface area (Å²) in [7, 11) is 2.14. The van der Waals surface area contributed by atoms with Crippen LogP contribution >= 0.6 is 0 Å². The lowest BCUT2D eigenvalue weighted by molar-refractivity contribution is 0.0901. The number of aromatic nitrogens is 2. The summed E-state index contributed by atoms with van der Waals surface area (Å²) in [4.78, 5) is 31.2. The van der Waals surface area contributed by atoms with Gasteiger partial charge in [-0.1, -0.05) is 62.4 Å². The molecule has 4 rings (SSSR count). The Kier molecular flexibility index (Phi) is 7.20. The Balaban J connectivity index is 1.66. The van der Waals surface area contributed by atoms with E-state index in [1.807, 2.05) is 56.3 Å². The molecule has 0 spiro atoms. The van der Waals surface area contributed by atoms with Gasteiger partial charge in [0.25, 0.3) is 11.5 Å². The molecule has 1 N–H and O–H groups in total. The van der Waals surface area contributed by atoms with E-state index < -0.39 is 0 Å². The molecule has 7 nitrogen and oxygen atoms in total. The summed E-state index contributed by atoms with van der Waals surface area (Å²) in [6, 6.07) is 17.1. The molecule has 1 aliphatic heterocycles. The second-order valence-electron chi connectivity index (χ2n) is 9.32. The minimum Gasteiger partial charge on any atom is -0.343 e. The lowest BCUT2D eigenvalue weighted by Crippen LogP contribution is -2.48. The molecule has 0 saturated carbocycles. The third-order valence-electron chi connectivity index (χ3n) is 6.16. The van der Waals surface area contributed by atoms with Gasteiger partial charge in [0.05, 0.1) is 11.4 Å². The highest BCUT2D eigenvalue weighted by molar-refractivity contribution is 6.04. The van der Waals surface area contributed by atoms with Crippen molar-refractivity contribution in [3.63, 3.8) is 0 Å². The topological polar surface area (TPSA) is 70.5 Å². The highest BCUT2D eigenvalue weighted by Crippen LogP contribution is 2.19. The largest absolute Gasteiger partial charge is 0.343 e. The molecule has 1 saturated heterocycles. The van der Waals surface area contributed by atoms with Gasteiger partial charge in [-0.2, -0.15) is 5.10 Å². The number of nitrogens with one attached hydrogen (secondary N) is 1. The van der Waals surface area contributed by atoms with Gasteiger partial charge in [-0.25, -0.2) is 4.68 Å². The fourth-order valence-electron chi connectivity index (χ4n) is 4.31. The maximum Gasteiger partial charge on any atom is 0.274 e.